The number of nitrogens with zero attached hydrogens (tertiary/aromatic N) is 1. The Morgan fingerprint density at radius 1 is 1.15 bits per heavy atom. The molecule has 0 saturated heterocycles. The van der Waals surface area contributed by atoms with E-state index in [0.29, 0.717) is 22.2 Å². The number of hydrogen-bond acceptors (Lipinski definition) is 6. The minimum absolute atomic E-state index is 0.0279. The van der Waals surface area contributed by atoms with Crippen LogP contribution < -0.4 is 9.47 Å². The summed E-state index contributed by atoms with van der Waals surface area (Å²) >= 11 is 7.88. The van der Waals surface area contributed by atoms with Crippen molar-refractivity contribution in [3.8, 4) is 11.5 Å². The maximum Gasteiger partial charge on any atom is 0.344 e. The van der Waals surface area contributed by atoms with Crippen LogP contribution in [-0.4, -0.2) is 30.9 Å². The van der Waals surface area contributed by atoms with Crippen LogP contribution in [0, 0.1) is 0 Å². The highest BCUT2D eigenvalue weighted by molar-refractivity contribution is 7.98. The van der Waals surface area contributed by atoms with Crippen molar-refractivity contribution >= 4 is 40.2 Å². The van der Waals surface area contributed by atoms with Gasteiger partial charge in [-0.05, 0) is 36.6 Å². The summed E-state index contributed by atoms with van der Waals surface area (Å²) in [5.74, 6) is 0.526. The second-order valence-electron chi connectivity index (χ2n) is 5.60. The summed E-state index contributed by atoms with van der Waals surface area (Å²) in [6, 6.07) is 14.9. The van der Waals surface area contributed by atoms with Crippen LogP contribution in [-0.2, 0) is 16.1 Å². The number of pyridine rings is 1. The van der Waals surface area contributed by atoms with Crippen molar-refractivity contribution < 1.29 is 19.0 Å². The minimum Gasteiger partial charge on any atom is -0.493 e. The standard InChI is InChI=1S/C20H18ClNO4S/c1-24-17-5-3-4-6-18(17)25-12-19(23)26-11-14-9-13-7-8-15(27-2)10-16(13)22-20(14)21/h3-10H,11-12H2,1-2H3. The van der Waals surface area contributed by atoms with E-state index in [1.807, 2.05) is 36.6 Å². The Bertz CT molecular complexity index is 964. The lowest BCUT2D eigenvalue weighted by Gasteiger charge is -2.11. The fourth-order valence-electron chi connectivity index (χ4n) is 2.47. The van der Waals surface area contributed by atoms with Gasteiger partial charge in [-0.25, -0.2) is 9.78 Å². The third-order valence-corrected chi connectivity index (χ3v) is 4.91. The maximum atomic E-state index is 12.0. The van der Waals surface area contributed by atoms with Crippen molar-refractivity contribution in [1.29, 1.82) is 0 Å². The number of halogens is 1. The number of hydrogen-bond donors (Lipinski definition) is 0. The molecule has 3 rings (SSSR count). The van der Waals surface area contributed by atoms with Gasteiger partial charge in [0, 0.05) is 15.8 Å². The van der Waals surface area contributed by atoms with E-state index < -0.39 is 5.97 Å². The lowest BCUT2D eigenvalue weighted by molar-refractivity contribution is -0.147. The maximum absolute atomic E-state index is 12.0. The number of rotatable bonds is 7. The van der Waals surface area contributed by atoms with Crippen LogP contribution in [0.5, 0.6) is 11.5 Å². The largest absolute Gasteiger partial charge is 0.493 e. The van der Waals surface area contributed by atoms with Gasteiger partial charge in [0.25, 0.3) is 0 Å². The van der Waals surface area contributed by atoms with Gasteiger partial charge in [0.1, 0.15) is 11.8 Å². The molecule has 0 unspecified atom stereocenters. The number of ether oxygens (including phenoxy) is 3. The van der Waals surface area contributed by atoms with Crippen molar-refractivity contribution in [3.05, 3.63) is 59.2 Å². The number of para-hydroxylation sites is 2. The zero-order chi connectivity index (χ0) is 19.2. The monoisotopic (exact) mass is 403 g/mol. The molecule has 0 aliphatic heterocycles. The Balaban J connectivity index is 1.62. The molecule has 0 aliphatic rings. The summed E-state index contributed by atoms with van der Waals surface area (Å²) in [5, 5.41) is 1.26. The molecule has 0 N–H and O–H groups in total. The average molecular weight is 404 g/mol. The van der Waals surface area contributed by atoms with Gasteiger partial charge in [-0.15, -0.1) is 11.8 Å². The SMILES string of the molecule is COc1ccccc1OCC(=O)OCc1cc2ccc(SC)cc2nc1Cl. The molecule has 0 bridgehead atoms. The third-order valence-electron chi connectivity index (χ3n) is 3.85. The Morgan fingerprint density at radius 3 is 2.67 bits per heavy atom. The summed E-state index contributed by atoms with van der Waals surface area (Å²) in [6.07, 6.45) is 2.00. The molecule has 0 saturated carbocycles. The van der Waals surface area contributed by atoms with E-state index in [9.17, 15) is 4.79 Å². The number of thioether (sulfide) groups is 1. The molecule has 27 heavy (non-hydrogen) atoms. The molecule has 3 aromatic rings. The van der Waals surface area contributed by atoms with Gasteiger partial charge in [-0.3, -0.25) is 0 Å². The second kappa shape index (κ2) is 8.97. The fraction of sp³-hybridized carbons (Fsp3) is 0.200. The van der Waals surface area contributed by atoms with Gasteiger partial charge < -0.3 is 14.2 Å². The molecular weight excluding hydrogens is 386 g/mol. The second-order valence-corrected chi connectivity index (χ2v) is 6.83. The predicted molar refractivity (Wildman–Crippen MR) is 107 cm³/mol. The molecule has 0 radical (unpaired) electrons. The number of carbonyl (C=O) groups excluding carboxylic acids is 1. The van der Waals surface area contributed by atoms with Gasteiger partial charge in [0.2, 0.25) is 0 Å². The smallest absolute Gasteiger partial charge is 0.344 e. The van der Waals surface area contributed by atoms with E-state index in [0.717, 1.165) is 15.8 Å². The number of esters is 1. The lowest BCUT2D eigenvalue weighted by Crippen LogP contribution is -2.15. The van der Waals surface area contributed by atoms with E-state index in [1.165, 1.54) is 7.11 Å². The van der Waals surface area contributed by atoms with E-state index in [2.05, 4.69) is 4.98 Å². The van der Waals surface area contributed by atoms with Crippen molar-refractivity contribution in [3.63, 3.8) is 0 Å². The van der Waals surface area contributed by atoms with E-state index in [4.69, 9.17) is 25.8 Å². The highest BCUT2D eigenvalue weighted by atomic mass is 35.5. The molecule has 5 nitrogen and oxygen atoms in total. The molecule has 140 valence electrons. The van der Waals surface area contributed by atoms with E-state index >= 15 is 0 Å². The highest BCUT2D eigenvalue weighted by Crippen LogP contribution is 2.26. The number of aromatic nitrogens is 1. The first-order chi connectivity index (χ1) is 13.1. The zero-order valence-electron chi connectivity index (χ0n) is 14.9. The summed E-state index contributed by atoms with van der Waals surface area (Å²) in [4.78, 5) is 17.5. The Hall–Kier alpha value is -2.44. The fourth-order valence-corrected chi connectivity index (χ4v) is 3.10. The van der Waals surface area contributed by atoms with Crippen LogP contribution in [0.3, 0.4) is 0 Å². The first kappa shape index (κ1) is 19.3. The summed E-state index contributed by atoms with van der Waals surface area (Å²) in [6.45, 7) is -0.198. The van der Waals surface area contributed by atoms with Crippen LogP contribution in [0.15, 0.2) is 53.4 Å². The molecule has 2 aromatic carbocycles. The molecule has 0 aliphatic carbocycles. The van der Waals surface area contributed by atoms with Gasteiger partial charge in [-0.1, -0.05) is 29.8 Å². The normalized spacial score (nSPS) is 10.6. The van der Waals surface area contributed by atoms with E-state index in [-0.39, 0.29) is 13.2 Å². The van der Waals surface area contributed by atoms with Crippen LogP contribution in [0.2, 0.25) is 5.15 Å². The molecule has 0 atom stereocenters. The van der Waals surface area contributed by atoms with E-state index in [1.54, 1.807) is 30.0 Å². The lowest BCUT2D eigenvalue weighted by atomic mass is 10.2. The number of methoxy groups -OCH3 is 1. The molecular formula is C20H18ClNO4S. The minimum atomic E-state index is -0.505. The van der Waals surface area contributed by atoms with Gasteiger partial charge in [0.15, 0.2) is 18.1 Å². The number of fused-ring (bicyclic) bond motifs is 1. The Kier molecular flexibility index (Phi) is 6.42. The summed E-state index contributed by atoms with van der Waals surface area (Å²) < 4.78 is 15.9. The van der Waals surface area contributed by atoms with Crippen LogP contribution in [0.4, 0.5) is 0 Å². The van der Waals surface area contributed by atoms with Crippen LogP contribution in [0.25, 0.3) is 10.9 Å². The van der Waals surface area contributed by atoms with Crippen LogP contribution >= 0.6 is 23.4 Å². The first-order valence-electron chi connectivity index (χ1n) is 8.15. The van der Waals surface area contributed by atoms with Gasteiger partial charge >= 0.3 is 5.97 Å². The average Bonchev–Trinajstić information content (AvgIpc) is 2.70. The highest BCUT2D eigenvalue weighted by Gasteiger charge is 2.11. The topological polar surface area (TPSA) is 57.7 Å². The Labute approximate surface area is 166 Å². The van der Waals surface area contributed by atoms with Crippen molar-refractivity contribution in [2.45, 2.75) is 11.5 Å². The molecule has 1 heterocycles. The zero-order valence-corrected chi connectivity index (χ0v) is 16.5. The first-order valence-corrected chi connectivity index (χ1v) is 9.75. The molecule has 0 spiro atoms. The van der Waals surface area contributed by atoms with Crippen molar-refractivity contribution in [2.24, 2.45) is 0 Å². The summed E-state index contributed by atoms with van der Waals surface area (Å²) in [5.41, 5.74) is 1.45. The predicted octanol–water partition coefficient (Wildman–Crippen LogP) is 4.74. The molecule has 1 aromatic heterocycles. The van der Waals surface area contributed by atoms with Gasteiger partial charge in [0.05, 0.1) is 12.6 Å². The Morgan fingerprint density at radius 2 is 1.93 bits per heavy atom. The summed E-state index contributed by atoms with van der Waals surface area (Å²) in [7, 11) is 1.54. The van der Waals surface area contributed by atoms with Crippen molar-refractivity contribution in [2.75, 3.05) is 20.0 Å². The quantitative estimate of drug-likeness (QED) is 0.322. The van der Waals surface area contributed by atoms with Crippen molar-refractivity contribution in [1.82, 2.24) is 4.98 Å². The van der Waals surface area contributed by atoms with Crippen LogP contribution in [0.1, 0.15) is 5.56 Å². The molecule has 0 fully saturated rings. The molecule has 0 amide bonds. The number of benzene rings is 2. The molecule has 7 heteroatoms. The van der Waals surface area contributed by atoms with Gasteiger partial charge in [-0.2, -0.15) is 0 Å². The third kappa shape index (κ3) is 4.84. The number of carbonyl (C=O) groups is 1.